The van der Waals surface area contributed by atoms with Crippen LogP contribution in [0.15, 0.2) is 30.3 Å². The van der Waals surface area contributed by atoms with E-state index in [9.17, 15) is 4.79 Å². The van der Waals surface area contributed by atoms with Crippen molar-refractivity contribution in [3.05, 3.63) is 35.9 Å². The van der Waals surface area contributed by atoms with Gasteiger partial charge in [-0.05, 0) is 6.92 Å². The lowest BCUT2D eigenvalue weighted by Crippen LogP contribution is -2.43. The number of carbonyl (C=O) groups is 1. The van der Waals surface area contributed by atoms with Crippen LogP contribution in [0, 0.1) is 6.92 Å². The molecule has 0 bridgehead atoms. The Morgan fingerprint density at radius 2 is 1.62 bits per heavy atom. The molecule has 6 N–H and O–H groups in total. The Morgan fingerprint density at radius 3 is 1.77 bits per heavy atom. The summed E-state index contributed by atoms with van der Waals surface area (Å²) in [6.07, 6.45) is 0. The van der Waals surface area contributed by atoms with E-state index in [1.807, 2.05) is 18.2 Å². The van der Waals surface area contributed by atoms with Crippen LogP contribution in [-0.4, -0.2) is 6.03 Å². The van der Waals surface area contributed by atoms with Crippen LogP contribution in [0.1, 0.15) is 5.56 Å². The lowest BCUT2D eigenvalue weighted by molar-refractivity contribution is 0.241. The molecule has 72 valence electrons. The van der Waals surface area contributed by atoms with Gasteiger partial charge in [0.25, 0.3) is 0 Å². The smallest absolute Gasteiger partial charge is 0.275 e. The van der Waals surface area contributed by atoms with Crippen molar-refractivity contribution < 1.29 is 4.79 Å². The Balaban J connectivity index is 0.000000226. The minimum atomic E-state index is -0.602. The second-order valence-electron chi connectivity index (χ2n) is 2.27. The van der Waals surface area contributed by atoms with Crippen molar-refractivity contribution in [2.24, 2.45) is 11.7 Å². The molecule has 1 aromatic rings. The molecule has 0 atom stereocenters. The molecule has 0 aliphatic carbocycles. The van der Waals surface area contributed by atoms with E-state index >= 15 is 0 Å². The molecule has 5 nitrogen and oxygen atoms in total. The quantitative estimate of drug-likeness (QED) is 0.259. The Hall–Kier alpha value is -1.59. The van der Waals surface area contributed by atoms with E-state index in [2.05, 4.69) is 30.7 Å². The lowest BCUT2D eigenvalue weighted by Gasteiger charge is -1.90. The highest BCUT2D eigenvalue weighted by Crippen LogP contribution is 1.92. The van der Waals surface area contributed by atoms with Crippen molar-refractivity contribution in [1.29, 1.82) is 0 Å². The fraction of sp³-hybridized carbons (Fsp3) is 0.125. The van der Waals surface area contributed by atoms with E-state index in [-0.39, 0.29) is 0 Å². The fourth-order valence-electron chi connectivity index (χ4n) is 0.576. The van der Waals surface area contributed by atoms with E-state index in [4.69, 9.17) is 0 Å². The van der Waals surface area contributed by atoms with Gasteiger partial charge in [0.1, 0.15) is 0 Å². The number of aryl methyl sites for hydroxylation is 1. The van der Waals surface area contributed by atoms with Gasteiger partial charge in [0.2, 0.25) is 0 Å². The summed E-state index contributed by atoms with van der Waals surface area (Å²) in [6, 6.07) is 9.66. The molecule has 0 fully saturated rings. The zero-order chi connectivity index (χ0) is 10.1. The van der Waals surface area contributed by atoms with Crippen LogP contribution in [0.25, 0.3) is 0 Å². The van der Waals surface area contributed by atoms with Crippen LogP contribution in [0.3, 0.4) is 0 Å². The number of amides is 2. The van der Waals surface area contributed by atoms with Crippen LogP contribution in [0.5, 0.6) is 0 Å². The first kappa shape index (κ1) is 11.4. The lowest BCUT2D eigenvalue weighted by atomic mass is 10.2. The summed E-state index contributed by atoms with van der Waals surface area (Å²) < 4.78 is 0. The minimum absolute atomic E-state index is 0.602. The van der Waals surface area contributed by atoms with Gasteiger partial charge in [-0.2, -0.15) is 0 Å². The Morgan fingerprint density at radius 1 is 1.15 bits per heavy atom. The molecule has 0 spiro atoms. The molecule has 2 amide bonds. The number of urea groups is 1. The number of rotatable bonds is 0. The molecule has 0 unspecified atom stereocenters. The zero-order valence-electron chi connectivity index (χ0n) is 7.45. The van der Waals surface area contributed by atoms with E-state index in [1.54, 1.807) is 10.9 Å². The predicted molar refractivity (Wildman–Crippen MR) is 51.2 cm³/mol. The van der Waals surface area contributed by atoms with Gasteiger partial charge >= 0.3 is 6.03 Å². The molecule has 5 heteroatoms. The van der Waals surface area contributed by atoms with Crippen molar-refractivity contribution >= 4 is 6.03 Å². The number of nitrogens with one attached hydrogen (secondary N) is 2. The topological polar surface area (TPSA) is 93.2 Å². The molecule has 0 radical (unpaired) electrons. The van der Waals surface area contributed by atoms with E-state index in [0.29, 0.717) is 0 Å². The molecule has 0 saturated carbocycles. The normalized spacial score (nSPS) is 7.92. The third-order valence-corrected chi connectivity index (χ3v) is 1.20. The maximum Gasteiger partial charge on any atom is 0.343 e. The fourth-order valence-corrected chi connectivity index (χ4v) is 0.576. The van der Waals surface area contributed by atoms with Gasteiger partial charge in [-0.15, -0.1) is 0 Å². The standard InChI is InChI=1S/C7H8.CH6N4O/c1-7-5-3-2-4-6-7;2-4-1(6)5-3/h2-6H,1H3;2-3H2,(H2,4,5,6). The Kier molecular flexibility index (Phi) is 6.21. The summed E-state index contributed by atoms with van der Waals surface area (Å²) in [5.41, 5.74) is 4.80. The third-order valence-electron chi connectivity index (χ3n) is 1.20. The molecule has 0 heterocycles. The predicted octanol–water partition coefficient (Wildman–Crippen LogP) is 0.0280. The number of hydrazine groups is 2. The summed E-state index contributed by atoms with van der Waals surface area (Å²) in [6.45, 7) is 2.08. The van der Waals surface area contributed by atoms with Crippen molar-refractivity contribution in [3.8, 4) is 0 Å². The first-order valence-corrected chi connectivity index (χ1v) is 3.69. The van der Waals surface area contributed by atoms with Crippen LogP contribution in [0.2, 0.25) is 0 Å². The number of carbonyl (C=O) groups excluding carboxylic acids is 1. The monoisotopic (exact) mass is 182 g/mol. The molecular formula is C8H14N4O. The van der Waals surface area contributed by atoms with Crippen LogP contribution < -0.4 is 22.5 Å². The Bertz CT molecular complexity index is 231. The van der Waals surface area contributed by atoms with Gasteiger partial charge in [-0.1, -0.05) is 35.9 Å². The molecule has 0 aromatic heterocycles. The zero-order valence-corrected chi connectivity index (χ0v) is 7.45. The summed E-state index contributed by atoms with van der Waals surface area (Å²) in [7, 11) is 0. The van der Waals surface area contributed by atoms with Gasteiger partial charge in [0.15, 0.2) is 0 Å². The van der Waals surface area contributed by atoms with Gasteiger partial charge in [-0.3, -0.25) is 10.9 Å². The highest BCUT2D eigenvalue weighted by molar-refractivity contribution is 5.72. The second kappa shape index (κ2) is 7.08. The SMILES string of the molecule is Cc1ccccc1.NNC(=O)NN. The Labute approximate surface area is 77.0 Å². The van der Waals surface area contributed by atoms with Crippen molar-refractivity contribution in [2.75, 3.05) is 0 Å². The average molecular weight is 182 g/mol. The highest BCUT2D eigenvalue weighted by atomic mass is 16.2. The van der Waals surface area contributed by atoms with Gasteiger partial charge in [0.05, 0.1) is 0 Å². The summed E-state index contributed by atoms with van der Waals surface area (Å²) in [5.74, 6) is 9.08. The van der Waals surface area contributed by atoms with Gasteiger partial charge < -0.3 is 0 Å². The number of nitrogens with two attached hydrogens (primary N) is 2. The van der Waals surface area contributed by atoms with Crippen molar-refractivity contribution in [2.45, 2.75) is 6.92 Å². The largest absolute Gasteiger partial charge is 0.343 e. The number of hydrogen-bond acceptors (Lipinski definition) is 3. The van der Waals surface area contributed by atoms with Gasteiger partial charge in [0, 0.05) is 0 Å². The molecule has 0 saturated heterocycles. The molecule has 1 aromatic carbocycles. The maximum absolute atomic E-state index is 9.71. The average Bonchev–Trinajstić information content (AvgIpc) is 2.19. The summed E-state index contributed by atoms with van der Waals surface area (Å²) in [5, 5.41) is 0. The van der Waals surface area contributed by atoms with Crippen molar-refractivity contribution in [1.82, 2.24) is 10.9 Å². The molecule has 13 heavy (non-hydrogen) atoms. The molecule has 0 aliphatic heterocycles. The van der Waals surface area contributed by atoms with Crippen LogP contribution in [0.4, 0.5) is 4.79 Å². The highest BCUT2D eigenvalue weighted by Gasteiger charge is 1.83. The minimum Gasteiger partial charge on any atom is -0.275 e. The number of hydrogen-bond donors (Lipinski definition) is 4. The second-order valence-corrected chi connectivity index (χ2v) is 2.27. The van der Waals surface area contributed by atoms with Crippen LogP contribution >= 0.6 is 0 Å². The summed E-state index contributed by atoms with van der Waals surface area (Å²) in [4.78, 5) is 9.71. The van der Waals surface area contributed by atoms with Gasteiger partial charge in [-0.25, -0.2) is 16.5 Å². The molecule has 0 aliphatic rings. The molecular weight excluding hydrogens is 168 g/mol. The maximum atomic E-state index is 9.71. The third kappa shape index (κ3) is 6.79. The van der Waals surface area contributed by atoms with E-state index < -0.39 is 6.03 Å². The molecule has 1 rings (SSSR count). The van der Waals surface area contributed by atoms with Crippen LogP contribution in [-0.2, 0) is 0 Å². The summed E-state index contributed by atoms with van der Waals surface area (Å²) >= 11 is 0. The van der Waals surface area contributed by atoms with E-state index in [0.717, 1.165) is 0 Å². The number of benzene rings is 1. The van der Waals surface area contributed by atoms with E-state index in [1.165, 1.54) is 5.56 Å². The first-order valence-electron chi connectivity index (χ1n) is 3.69. The van der Waals surface area contributed by atoms with Crippen molar-refractivity contribution in [3.63, 3.8) is 0 Å². The first-order chi connectivity index (χ1) is 6.20.